The number of carbonyl (C=O) groups excluding carboxylic acids is 1. The zero-order valence-electron chi connectivity index (χ0n) is 13.9. The Kier molecular flexibility index (Phi) is 5.63. The van der Waals surface area contributed by atoms with Crippen molar-refractivity contribution in [3.05, 3.63) is 0 Å². The molecule has 5 heteroatoms. The minimum Gasteiger partial charge on any atom is -0.374 e. The molecule has 2 saturated heterocycles. The Balaban J connectivity index is 1.91. The van der Waals surface area contributed by atoms with Crippen LogP contribution in [0.3, 0.4) is 0 Å². The van der Waals surface area contributed by atoms with Crippen molar-refractivity contribution in [1.29, 1.82) is 0 Å². The summed E-state index contributed by atoms with van der Waals surface area (Å²) in [7, 11) is 0. The minimum atomic E-state index is 0.0167. The van der Waals surface area contributed by atoms with Gasteiger partial charge in [-0.2, -0.15) is 0 Å². The highest BCUT2D eigenvalue weighted by molar-refractivity contribution is 5.80. The van der Waals surface area contributed by atoms with E-state index in [9.17, 15) is 4.79 Å². The van der Waals surface area contributed by atoms with Crippen molar-refractivity contribution >= 4 is 5.91 Å². The van der Waals surface area contributed by atoms with Crippen LogP contribution >= 0.6 is 0 Å². The van der Waals surface area contributed by atoms with Gasteiger partial charge in [-0.15, -0.1) is 0 Å². The third-order valence-electron chi connectivity index (χ3n) is 5.41. The molecule has 5 unspecified atom stereocenters. The number of amides is 1. The van der Waals surface area contributed by atoms with Crippen molar-refractivity contribution in [1.82, 2.24) is 9.80 Å². The summed E-state index contributed by atoms with van der Waals surface area (Å²) in [5.74, 6) is 0.598. The highest BCUT2D eigenvalue weighted by atomic mass is 16.5. The first-order chi connectivity index (χ1) is 9.99. The van der Waals surface area contributed by atoms with Crippen molar-refractivity contribution in [2.45, 2.75) is 52.4 Å². The summed E-state index contributed by atoms with van der Waals surface area (Å²) in [6, 6.07) is 0.454. The van der Waals surface area contributed by atoms with Gasteiger partial charge in [0.15, 0.2) is 0 Å². The maximum absolute atomic E-state index is 12.8. The Hall–Kier alpha value is -0.650. The van der Waals surface area contributed by atoms with Crippen LogP contribution in [0.15, 0.2) is 0 Å². The van der Waals surface area contributed by atoms with E-state index in [2.05, 4.69) is 25.7 Å². The van der Waals surface area contributed by atoms with E-state index in [1.54, 1.807) is 0 Å². The molecule has 1 amide bonds. The number of hydrogen-bond donors (Lipinski definition) is 1. The summed E-state index contributed by atoms with van der Waals surface area (Å²) in [4.78, 5) is 17.2. The molecule has 0 aliphatic carbocycles. The lowest BCUT2D eigenvalue weighted by atomic mass is 9.88. The van der Waals surface area contributed by atoms with Gasteiger partial charge >= 0.3 is 0 Å². The predicted octanol–water partition coefficient (Wildman–Crippen LogP) is 0.927. The van der Waals surface area contributed by atoms with Crippen LogP contribution in [0.2, 0.25) is 0 Å². The zero-order valence-corrected chi connectivity index (χ0v) is 13.9. The van der Waals surface area contributed by atoms with Crippen LogP contribution in [-0.2, 0) is 9.53 Å². The van der Waals surface area contributed by atoms with Crippen LogP contribution in [0.25, 0.3) is 0 Å². The maximum atomic E-state index is 12.8. The molecule has 0 aromatic heterocycles. The van der Waals surface area contributed by atoms with E-state index in [1.807, 2.05) is 11.8 Å². The van der Waals surface area contributed by atoms with Crippen molar-refractivity contribution in [3.63, 3.8) is 0 Å². The van der Waals surface area contributed by atoms with Gasteiger partial charge in [0.05, 0.1) is 18.1 Å². The smallest absolute Gasteiger partial charge is 0.228 e. The zero-order chi connectivity index (χ0) is 15.6. The van der Waals surface area contributed by atoms with Crippen LogP contribution in [0.5, 0.6) is 0 Å². The fraction of sp³-hybridized carbons (Fsp3) is 0.938. The van der Waals surface area contributed by atoms with Gasteiger partial charge in [0.2, 0.25) is 5.91 Å². The number of nitrogens with two attached hydrogens (primary N) is 1. The number of piperazine rings is 1. The van der Waals surface area contributed by atoms with Crippen LogP contribution in [-0.4, -0.2) is 66.7 Å². The second-order valence-electron chi connectivity index (χ2n) is 6.59. The van der Waals surface area contributed by atoms with Gasteiger partial charge in [0, 0.05) is 38.8 Å². The first kappa shape index (κ1) is 16.7. The van der Waals surface area contributed by atoms with E-state index in [0.29, 0.717) is 18.5 Å². The molecular formula is C16H31N3O2. The van der Waals surface area contributed by atoms with Crippen LogP contribution in [0.1, 0.15) is 34.1 Å². The molecule has 0 radical (unpaired) electrons. The Morgan fingerprint density at radius 2 is 1.81 bits per heavy atom. The molecule has 0 bridgehead atoms. The molecule has 0 saturated carbocycles. The molecule has 2 aliphatic rings. The molecule has 5 nitrogen and oxygen atoms in total. The molecule has 0 aromatic rings. The number of carbonyl (C=O) groups is 1. The summed E-state index contributed by atoms with van der Waals surface area (Å²) in [5, 5.41) is 0. The highest BCUT2D eigenvalue weighted by Gasteiger charge is 2.43. The normalized spacial score (nSPS) is 36.0. The lowest BCUT2D eigenvalue weighted by Gasteiger charge is -2.40. The van der Waals surface area contributed by atoms with Gasteiger partial charge in [0.1, 0.15) is 0 Å². The van der Waals surface area contributed by atoms with Gasteiger partial charge < -0.3 is 15.4 Å². The van der Waals surface area contributed by atoms with Crippen molar-refractivity contribution in [2.75, 3.05) is 32.7 Å². The summed E-state index contributed by atoms with van der Waals surface area (Å²) in [6.45, 7) is 12.6. The Bertz CT molecular complexity index is 351. The number of rotatable bonds is 4. The molecule has 5 atom stereocenters. The molecule has 0 spiro atoms. The lowest BCUT2D eigenvalue weighted by molar-refractivity contribution is -0.140. The van der Waals surface area contributed by atoms with Crippen molar-refractivity contribution in [3.8, 4) is 0 Å². The molecule has 0 aromatic carbocycles. The summed E-state index contributed by atoms with van der Waals surface area (Å²) < 4.78 is 5.82. The van der Waals surface area contributed by atoms with Gasteiger partial charge in [-0.3, -0.25) is 9.69 Å². The van der Waals surface area contributed by atoms with E-state index in [4.69, 9.17) is 10.5 Å². The summed E-state index contributed by atoms with van der Waals surface area (Å²) >= 11 is 0. The predicted molar refractivity (Wildman–Crippen MR) is 83.9 cm³/mol. The minimum absolute atomic E-state index is 0.0167. The van der Waals surface area contributed by atoms with E-state index in [0.717, 1.165) is 32.6 Å². The quantitative estimate of drug-likeness (QED) is 0.838. The standard InChI is InChI=1S/C16H31N3O2/c1-5-14(10-17)18-6-8-19(9-7-18)16(20)15-11(2)12(3)21-13(15)4/h11-15H,5-10,17H2,1-4H3. The molecule has 122 valence electrons. The monoisotopic (exact) mass is 297 g/mol. The fourth-order valence-electron chi connectivity index (χ4n) is 3.78. The third-order valence-corrected chi connectivity index (χ3v) is 5.41. The van der Waals surface area contributed by atoms with Crippen molar-refractivity contribution < 1.29 is 9.53 Å². The number of ether oxygens (including phenoxy) is 1. The molecule has 2 N–H and O–H groups in total. The van der Waals surface area contributed by atoms with Crippen molar-refractivity contribution in [2.24, 2.45) is 17.6 Å². The number of hydrogen-bond acceptors (Lipinski definition) is 4. The second kappa shape index (κ2) is 7.07. The van der Waals surface area contributed by atoms with Crippen LogP contribution < -0.4 is 5.73 Å². The summed E-state index contributed by atoms with van der Waals surface area (Å²) in [6.07, 6.45) is 1.29. The molecule has 2 heterocycles. The Morgan fingerprint density at radius 1 is 1.19 bits per heavy atom. The second-order valence-corrected chi connectivity index (χ2v) is 6.59. The molecule has 2 aliphatic heterocycles. The van der Waals surface area contributed by atoms with Gasteiger partial charge in [0.25, 0.3) is 0 Å². The van der Waals surface area contributed by atoms with Gasteiger partial charge in [-0.25, -0.2) is 0 Å². The Morgan fingerprint density at radius 3 is 2.24 bits per heavy atom. The van der Waals surface area contributed by atoms with E-state index >= 15 is 0 Å². The maximum Gasteiger partial charge on any atom is 0.228 e. The largest absolute Gasteiger partial charge is 0.374 e. The van der Waals surface area contributed by atoms with Gasteiger partial charge in [-0.1, -0.05) is 13.8 Å². The number of nitrogens with zero attached hydrogens (tertiary/aromatic N) is 2. The summed E-state index contributed by atoms with van der Waals surface area (Å²) in [5.41, 5.74) is 5.82. The fourth-order valence-corrected chi connectivity index (χ4v) is 3.78. The molecule has 2 fully saturated rings. The van der Waals surface area contributed by atoms with Crippen LogP contribution in [0, 0.1) is 11.8 Å². The SMILES string of the molecule is CCC(CN)N1CCN(C(=O)C2C(C)OC(C)C2C)CC1. The molecule has 21 heavy (non-hydrogen) atoms. The molecule has 2 rings (SSSR count). The Labute approximate surface area is 128 Å². The average molecular weight is 297 g/mol. The average Bonchev–Trinajstić information content (AvgIpc) is 2.73. The van der Waals surface area contributed by atoms with Gasteiger partial charge in [-0.05, 0) is 26.2 Å². The molecular weight excluding hydrogens is 266 g/mol. The lowest BCUT2D eigenvalue weighted by Crippen LogP contribution is -2.55. The van der Waals surface area contributed by atoms with Crippen LogP contribution in [0.4, 0.5) is 0 Å². The third kappa shape index (κ3) is 3.41. The van der Waals surface area contributed by atoms with E-state index < -0.39 is 0 Å². The first-order valence-electron chi connectivity index (χ1n) is 8.37. The van der Waals surface area contributed by atoms with E-state index in [-0.39, 0.29) is 24.0 Å². The van der Waals surface area contributed by atoms with E-state index in [1.165, 1.54) is 0 Å². The first-order valence-corrected chi connectivity index (χ1v) is 8.37. The topological polar surface area (TPSA) is 58.8 Å². The highest BCUT2D eigenvalue weighted by Crippen LogP contribution is 2.33.